The summed E-state index contributed by atoms with van der Waals surface area (Å²) in [7, 11) is 4.07. The van der Waals surface area contributed by atoms with Crippen molar-refractivity contribution in [1.29, 1.82) is 0 Å². The third-order valence-electron chi connectivity index (χ3n) is 9.65. The number of pyridine rings is 2. The van der Waals surface area contributed by atoms with Gasteiger partial charge in [0.2, 0.25) is 0 Å². The molecular formula is C49H62N2O7+2. The molecule has 0 fully saturated rings. The second-order valence-electron chi connectivity index (χ2n) is 14.5. The molecule has 6 rings (SSSR count). The molecular weight excluding hydrogens is 729 g/mol. The Morgan fingerprint density at radius 2 is 1.09 bits per heavy atom. The van der Waals surface area contributed by atoms with Crippen LogP contribution in [0.3, 0.4) is 0 Å². The molecule has 4 aromatic rings. The van der Waals surface area contributed by atoms with Gasteiger partial charge in [-0.1, -0.05) is 86.3 Å². The van der Waals surface area contributed by atoms with Gasteiger partial charge in [0.1, 0.15) is 59.2 Å². The van der Waals surface area contributed by atoms with Gasteiger partial charge in [-0.05, 0) is 55.4 Å². The summed E-state index contributed by atoms with van der Waals surface area (Å²) in [5.41, 5.74) is 4.80. The fourth-order valence-corrected chi connectivity index (χ4v) is 6.21. The summed E-state index contributed by atoms with van der Waals surface area (Å²) in [5.74, 6) is 1.59. The van der Waals surface area contributed by atoms with E-state index in [-0.39, 0.29) is 12.2 Å². The molecule has 0 amide bonds. The molecule has 2 aliphatic heterocycles. The SMILES string of the molecule is C[n+]1ccc(CCCCCCCCC2COC(c3ccccc3)=CO2)cc1.C[n+]1ccc(CCOC/C=C/OC/C=C/OCC2COC(c3ccccc3)=CO2)cc1. The van der Waals surface area contributed by atoms with Crippen LogP contribution in [0.2, 0.25) is 0 Å². The molecule has 9 nitrogen and oxygen atoms in total. The van der Waals surface area contributed by atoms with E-state index in [1.807, 2.05) is 90.7 Å². The number of ether oxygens (including phenoxy) is 7. The summed E-state index contributed by atoms with van der Waals surface area (Å²) in [6.07, 6.45) is 29.7. The van der Waals surface area contributed by atoms with Crippen LogP contribution in [0.5, 0.6) is 0 Å². The van der Waals surface area contributed by atoms with Gasteiger partial charge in [0.15, 0.2) is 42.4 Å². The lowest BCUT2D eigenvalue weighted by Crippen LogP contribution is -2.26. The highest BCUT2D eigenvalue weighted by Crippen LogP contribution is 2.23. The second kappa shape index (κ2) is 26.4. The number of rotatable bonds is 22. The highest BCUT2D eigenvalue weighted by atomic mass is 16.6. The fraction of sp³-hybridized carbons (Fsp3) is 0.388. The van der Waals surface area contributed by atoms with Crippen LogP contribution in [0.25, 0.3) is 11.5 Å². The highest BCUT2D eigenvalue weighted by molar-refractivity contribution is 5.59. The molecule has 0 saturated heterocycles. The molecule has 2 atom stereocenters. The van der Waals surface area contributed by atoms with Crippen LogP contribution in [-0.4, -0.2) is 51.8 Å². The number of hydrogen-bond donors (Lipinski definition) is 0. The predicted molar refractivity (Wildman–Crippen MR) is 226 cm³/mol. The van der Waals surface area contributed by atoms with Gasteiger partial charge >= 0.3 is 0 Å². The summed E-state index contributed by atoms with van der Waals surface area (Å²) >= 11 is 0. The van der Waals surface area contributed by atoms with Crippen LogP contribution in [0, 0.1) is 0 Å². The predicted octanol–water partition coefficient (Wildman–Crippen LogP) is 8.74. The number of benzene rings is 2. The quantitative estimate of drug-likeness (QED) is 0.0448. The third kappa shape index (κ3) is 17.3. The van der Waals surface area contributed by atoms with Gasteiger partial charge in [0.05, 0.1) is 25.7 Å². The number of unbranched alkanes of at least 4 members (excludes halogenated alkanes) is 5. The van der Waals surface area contributed by atoms with Crippen LogP contribution in [-0.2, 0) is 60.1 Å². The zero-order valence-corrected chi connectivity index (χ0v) is 34.4. The van der Waals surface area contributed by atoms with E-state index in [2.05, 4.69) is 48.3 Å². The molecule has 308 valence electrons. The maximum atomic E-state index is 5.87. The van der Waals surface area contributed by atoms with E-state index >= 15 is 0 Å². The Balaban J connectivity index is 0.000000223. The first-order valence-corrected chi connectivity index (χ1v) is 20.7. The molecule has 0 N–H and O–H groups in total. The van der Waals surface area contributed by atoms with E-state index in [1.54, 1.807) is 31.1 Å². The maximum Gasteiger partial charge on any atom is 0.168 e. The van der Waals surface area contributed by atoms with E-state index in [9.17, 15) is 0 Å². The molecule has 0 aliphatic carbocycles. The normalized spacial score (nSPS) is 16.2. The second-order valence-corrected chi connectivity index (χ2v) is 14.5. The van der Waals surface area contributed by atoms with Crippen molar-refractivity contribution in [3.05, 3.63) is 169 Å². The number of nitrogens with zero attached hydrogens (tertiary/aromatic N) is 2. The fourth-order valence-electron chi connectivity index (χ4n) is 6.21. The Bertz CT molecular complexity index is 1810. The Morgan fingerprint density at radius 1 is 0.569 bits per heavy atom. The van der Waals surface area contributed by atoms with E-state index in [0.29, 0.717) is 39.6 Å². The summed E-state index contributed by atoms with van der Waals surface area (Å²) in [6.45, 7) is 3.17. The van der Waals surface area contributed by atoms with Gasteiger partial charge < -0.3 is 33.2 Å². The van der Waals surface area contributed by atoms with Crippen LogP contribution in [0.4, 0.5) is 0 Å². The molecule has 9 heteroatoms. The zero-order chi connectivity index (χ0) is 40.3. The van der Waals surface area contributed by atoms with Gasteiger partial charge in [0.25, 0.3) is 0 Å². The van der Waals surface area contributed by atoms with E-state index in [0.717, 1.165) is 35.5 Å². The Labute approximate surface area is 345 Å². The smallest absolute Gasteiger partial charge is 0.168 e. The lowest BCUT2D eigenvalue weighted by atomic mass is 10.0. The third-order valence-corrected chi connectivity index (χ3v) is 9.65. The molecule has 4 heterocycles. The Kier molecular flexibility index (Phi) is 19.8. The first-order chi connectivity index (χ1) is 28.6. The van der Waals surface area contributed by atoms with Gasteiger partial charge in [-0.25, -0.2) is 9.13 Å². The van der Waals surface area contributed by atoms with E-state index in [4.69, 9.17) is 33.2 Å². The van der Waals surface area contributed by atoms with Crippen molar-refractivity contribution in [2.75, 3.05) is 39.6 Å². The average molecular weight is 791 g/mol. The van der Waals surface area contributed by atoms with E-state index in [1.165, 1.54) is 56.1 Å². The highest BCUT2D eigenvalue weighted by Gasteiger charge is 2.18. The minimum absolute atomic E-state index is 0.131. The summed E-state index contributed by atoms with van der Waals surface area (Å²) in [5, 5.41) is 0. The first-order valence-electron chi connectivity index (χ1n) is 20.7. The Morgan fingerprint density at radius 3 is 1.67 bits per heavy atom. The Hall–Kier alpha value is -5.54. The average Bonchev–Trinajstić information content (AvgIpc) is 3.27. The van der Waals surface area contributed by atoms with Crippen molar-refractivity contribution in [3.8, 4) is 0 Å². The van der Waals surface area contributed by atoms with Crippen LogP contribution in [0.1, 0.15) is 67.2 Å². The van der Waals surface area contributed by atoms with Crippen molar-refractivity contribution in [2.45, 2.75) is 70.0 Å². The maximum absolute atomic E-state index is 5.87. The van der Waals surface area contributed by atoms with Crippen LogP contribution in [0.15, 0.2) is 147 Å². The number of aromatic nitrogens is 2. The molecule has 0 radical (unpaired) electrons. The lowest BCUT2D eigenvalue weighted by Gasteiger charge is -2.24. The number of aryl methyl sites for hydroxylation is 3. The summed E-state index contributed by atoms with van der Waals surface area (Å²) in [4.78, 5) is 0. The van der Waals surface area contributed by atoms with Crippen LogP contribution >= 0.6 is 0 Å². The molecule has 2 aliphatic rings. The van der Waals surface area contributed by atoms with Gasteiger partial charge in [-0.2, -0.15) is 0 Å². The lowest BCUT2D eigenvalue weighted by molar-refractivity contribution is -0.671. The van der Waals surface area contributed by atoms with Crippen molar-refractivity contribution < 1.29 is 42.3 Å². The zero-order valence-electron chi connectivity index (χ0n) is 34.4. The summed E-state index contributed by atoms with van der Waals surface area (Å²) in [6, 6.07) is 28.7. The van der Waals surface area contributed by atoms with Crippen molar-refractivity contribution in [2.24, 2.45) is 14.1 Å². The minimum atomic E-state index is -0.131. The van der Waals surface area contributed by atoms with Crippen molar-refractivity contribution >= 4 is 11.5 Å². The van der Waals surface area contributed by atoms with Crippen molar-refractivity contribution in [1.82, 2.24) is 0 Å². The monoisotopic (exact) mass is 790 g/mol. The topological polar surface area (TPSA) is 72.4 Å². The standard InChI is InChI=1S/C25H30NO5.C24H32NO2/c1-26-12-9-22(10-13-26)11-18-28-16-5-14-27-15-6-17-29-19-24-20-31-25(21-30-24)23-7-3-2-4-8-23;1-25-17-15-21(16-18-25)11-7-4-2-3-5-10-14-23-19-27-24(20-26-23)22-12-8-6-9-13-22/h2-10,12-14,17,21,24H,11,15-16,18-20H2,1H3;6,8-9,12-13,15-18,20,23H,2-5,7,10-11,14,19H2,1H3/q2*+1/b14-5+,17-6+;. The number of hydrogen-bond acceptors (Lipinski definition) is 7. The largest absolute Gasteiger partial charge is 0.497 e. The van der Waals surface area contributed by atoms with Gasteiger partial charge in [-0.3, -0.25) is 0 Å². The molecule has 0 bridgehead atoms. The summed E-state index contributed by atoms with van der Waals surface area (Å²) < 4.78 is 43.7. The van der Waals surface area contributed by atoms with E-state index < -0.39 is 0 Å². The van der Waals surface area contributed by atoms with Crippen molar-refractivity contribution in [3.63, 3.8) is 0 Å². The molecule has 58 heavy (non-hydrogen) atoms. The van der Waals surface area contributed by atoms with Gasteiger partial charge in [0, 0.05) is 35.4 Å². The molecule has 2 unspecified atom stereocenters. The first kappa shape index (κ1) is 43.6. The minimum Gasteiger partial charge on any atom is -0.497 e. The molecule has 2 aromatic carbocycles. The molecule has 2 aromatic heterocycles. The van der Waals surface area contributed by atoms with Crippen LogP contribution < -0.4 is 9.13 Å². The molecule has 0 saturated carbocycles. The van der Waals surface area contributed by atoms with Gasteiger partial charge in [-0.15, -0.1) is 0 Å². The molecule has 0 spiro atoms.